The summed E-state index contributed by atoms with van der Waals surface area (Å²) in [6, 6.07) is 17.0. The lowest BCUT2D eigenvalue weighted by atomic mass is 9.85. The number of benzene rings is 2. The Balaban J connectivity index is 2.45. The molecule has 0 spiro atoms. The van der Waals surface area contributed by atoms with Gasteiger partial charge in [0.25, 0.3) is 0 Å². The number of hydrogen-bond donors (Lipinski definition) is 1. The Bertz CT molecular complexity index is 571. The van der Waals surface area contributed by atoms with E-state index < -0.39 is 0 Å². The van der Waals surface area contributed by atoms with Gasteiger partial charge in [0.05, 0.1) is 7.11 Å². The largest absolute Gasteiger partial charge is 0.496 e. The van der Waals surface area contributed by atoms with Crippen LogP contribution in [-0.4, -0.2) is 14.2 Å². The van der Waals surface area contributed by atoms with E-state index in [9.17, 15) is 0 Å². The quantitative estimate of drug-likeness (QED) is 0.801. The van der Waals surface area contributed by atoms with E-state index in [2.05, 4.69) is 64.6 Å². The van der Waals surface area contributed by atoms with Crippen molar-refractivity contribution in [2.24, 2.45) is 0 Å². The highest BCUT2D eigenvalue weighted by Gasteiger charge is 2.24. The van der Waals surface area contributed by atoms with Crippen LogP contribution in [0.1, 0.15) is 36.4 Å². The van der Waals surface area contributed by atoms with Gasteiger partial charge in [0, 0.05) is 22.0 Å². The molecule has 0 amide bonds. The molecular weight excluding hydrogens is 326 g/mol. The average Bonchev–Trinajstić information content (AvgIpc) is 2.53. The smallest absolute Gasteiger partial charge is 0.123 e. The highest BCUT2D eigenvalue weighted by molar-refractivity contribution is 9.10. The Morgan fingerprint density at radius 3 is 2.43 bits per heavy atom. The van der Waals surface area contributed by atoms with Crippen LogP contribution in [0.2, 0.25) is 0 Å². The molecule has 0 bridgehead atoms. The second-order valence-electron chi connectivity index (χ2n) is 5.08. The van der Waals surface area contributed by atoms with Crippen LogP contribution >= 0.6 is 15.9 Å². The van der Waals surface area contributed by atoms with Crippen LogP contribution in [0.5, 0.6) is 5.75 Å². The molecule has 0 fully saturated rings. The monoisotopic (exact) mass is 347 g/mol. The number of methoxy groups -OCH3 is 1. The molecule has 0 aliphatic heterocycles. The third-order valence-electron chi connectivity index (χ3n) is 3.91. The van der Waals surface area contributed by atoms with Crippen LogP contribution in [0.3, 0.4) is 0 Å². The van der Waals surface area contributed by atoms with Crippen molar-refractivity contribution in [1.29, 1.82) is 0 Å². The van der Waals surface area contributed by atoms with Gasteiger partial charge in [-0.05, 0) is 37.2 Å². The third kappa shape index (κ3) is 3.66. The molecule has 2 aromatic carbocycles. The van der Waals surface area contributed by atoms with Crippen LogP contribution < -0.4 is 10.1 Å². The van der Waals surface area contributed by atoms with Gasteiger partial charge in [0.2, 0.25) is 0 Å². The lowest BCUT2D eigenvalue weighted by Crippen LogP contribution is -2.24. The second-order valence-corrected chi connectivity index (χ2v) is 5.99. The van der Waals surface area contributed by atoms with Gasteiger partial charge in [-0.2, -0.15) is 0 Å². The number of ether oxygens (including phenoxy) is 1. The van der Waals surface area contributed by atoms with E-state index in [1.165, 1.54) is 11.1 Å². The number of likely N-dealkylation sites (N-methyl/N-ethyl adjacent to an activating group) is 1. The van der Waals surface area contributed by atoms with Crippen molar-refractivity contribution in [2.75, 3.05) is 14.2 Å². The van der Waals surface area contributed by atoms with Crippen molar-refractivity contribution in [2.45, 2.75) is 25.3 Å². The van der Waals surface area contributed by atoms with Crippen LogP contribution in [-0.2, 0) is 0 Å². The standard InChI is InChI=1S/C18H22BrNO/c1-4-15(13-8-6-5-7-9-13)18(20-2)16-12-14(19)10-11-17(16)21-3/h5-12,15,18,20H,4H2,1-3H3. The summed E-state index contributed by atoms with van der Waals surface area (Å²) in [5.41, 5.74) is 2.53. The first-order valence-electron chi connectivity index (χ1n) is 7.26. The third-order valence-corrected chi connectivity index (χ3v) is 4.40. The molecule has 1 N–H and O–H groups in total. The maximum absolute atomic E-state index is 5.55. The molecule has 2 atom stereocenters. The summed E-state index contributed by atoms with van der Waals surface area (Å²) in [4.78, 5) is 0. The minimum absolute atomic E-state index is 0.213. The van der Waals surface area contributed by atoms with Crippen molar-refractivity contribution in [3.8, 4) is 5.75 Å². The highest BCUT2D eigenvalue weighted by Crippen LogP contribution is 2.38. The molecule has 2 nitrogen and oxygen atoms in total. The maximum Gasteiger partial charge on any atom is 0.123 e. The van der Waals surface area contributed by atoms with E-state index in [0.717, 1.165) is 16.6 Å². The van der Waals surface area contributed by atoms with Gasteiger partial charge < -0.3 is 10.1 Å². The second kappa shape index (κ2) is 7.62. The van der Waals surface area contributed by atoms with Crippen molar-refractivity contribution < 1.29 is 4.74 Å². The summed E-state index contributed by atoms with van der Waals surface area (Å²) >= 11 is 3.57. The molecule has 0 aliphatic rings. The zero-order valence-electron chi connectivity index (χ0n) is 12.8. The molecule has 0 radical (unpaired) electrons. The molecule has 112 valence electrons. The number of halogens is 1. The van der Waals surface area contributed by atoms with Gasteiger partial charge in [-0.25, -0.2) is 0 Å². The number of rotatable bonds is 6. The fourth-order valence-electron chi connectivity index (χ4n) is 2.89. The van der Waals surface area contributed by atoms with E-state index in [1.54, 1.807) is 7.11 Å². The number of nitrogens with one attached hydrogen (secondary N) is 1. The summed E-state index contributed by atoms with van der Waals surface area (Å²) in [6.45, 7) is 2.23. The maximum atomic E-state index is 5.55. The molecule has 0 saturated carbocycles. The minimum atomic E-state index is 0.213. The summed E-state index contributed by atoms with van der Waals surface area (Å²) in [7, 11) is 3.74. The lowest BCUT2D eigenvalue weighted by molar-refractivity contribution is 0.388. The molecule has 0 heterocycles. The van der Waals surface area contributed by atoms with Gasteiger partial charge in [-0.3, -0.25) is 0 Å². The predicted molar refractivity (Wildman–Crippen MR) is 92.0 cm³/mol. The summed E-state index contributed by atoms with van der Waals surface area (Å²) in [6.07, 6.45) is 1.06. The highest BCUT2D eigenvalue weighted by atomic mass is 79.9. The molecular formula is C18H22BrNO. The van der Waals surface area contributed by atoms with Crippen LogP contribution in [0, 0.1) is 0 Å². The zero-order chi connectivity index (χ0) is 15.2. The predicted octanol–water partition coefficient (Wildman–Crippen LogP) is 4.91. The Hall–Kier alpha value is -1.32. The molecule has 3 heteroatoms. The van der Waals surface area contributed by atoms with Crippen molar-refractivity contribution in [3.63, 3.8) is 0 Å². The molecule has 2 rings (SSSR count). The molecule has 0 aromatic heterocycles. The first-order valence-corrected chi connectivity index (χ1v) is 8.06. The Morgan fingerprint density at radius 1 is 1.14 bits per heavy atom. The summed E-state index contributed by atoms with van der Waals surface area (Å²) < 4.78 is 6.62. The fraction of sp³-hybridized carbons (Fsp3) is 0.333. The van der Waals surface area contributed by atoms with Crippen LogP contribution in [0.15, 0.2) is 53.0 Å². The van der Waals surface area contributed by atoms with E-state index >= 15 is 0 Å². The molecule has 2 unspecified atom stereocenters. The Labute approximate surface area is 135 Å². The van der Waals surface area contributed by atoms with Gasteiger partial charge in [0.1, 0.15) is 5.75 Å². The summed E-state index contributed by atoms with van der Waals surface area (Å²) in [5.74, 6) is 1.33. The van der Waals surface area contributed by atoms with Gasteiger partial charge in [-0.15, -0.1) is 0 Å². The number of hydrogen-bond acceptors (Lipinski definition) is 2. The first kappa shape index (κ1) is 16.1. The molecule has 2 aromatic rings. The zero-order valence-corrected chi connectivity index (χ0v) is 14.4. The average molecular weight is 348 g/mol. The van der Waals surface area contributed by atoms with Gasteiger partial charge in [0.15, 0.2) is 0 Å². The lowest BCUT2D eigenvalue weighted by Gasteiger charge is -2.28. The van der Waals surface area contributed by atoms with Crippen molar-refractivity contribution in [3.05, 3.63) is 64.1 Å². The topological polar surface area (TPSA) is 21.3 Å². The van der Waals surface area contributed by atoms with E-state index in [0.29, 0.717) is 5.92 Å². The minimum Gasteiger partial charge on any atom is -0.496 e. The SMILES string of the molecule is CCC(c1ccccc1)C(NC)c1cc(Br)ccc1OC. The van der Waals surface area contributed by atoms with E-state index in [4.69, 9.17) is 4.74 Å². The van der Waals surface area contributed by atoms with Crippen molar-refractivity contribution >= 4 is 15.9 Å². The van der Waals surface area contributed by atoms with Crippen LogP contribution in [0.25, 0.3) is 0 Å². The Kier molecular flexibility index (Phi) is 5.83. The van der Waals surface area contributed by atoms with Crippen molar-refractivity contribution in [1.82, 2.24) is 5.32 Å². The van der Waals surface area contributed by atoms with E-state index in [1.807, 2.05) is 19.2 Å². The normalized spacial score (nSPS) is 13.7. The van der Waals surface area contributed by atoms with Crippen LogP contribution in [0.4, 0.5) is 0 Å². The summed E-state index contributed by atoms with van der Waals surface area (Å²) in [5, 5.41) is 3.47. The molecule has 21 heavy (non-hydrogen) atoms. The molecule has 0 saturated heterocycles. The molecule has 0 aliphatic carbocycles. The van der Waals surface area contributed by atoms with Gasteiger partial charge >= 0.3 is 0 Å². The fourth-order valence-corrected chi connectivity index (χ4v) is 3.26. The Morgan fingerprint density at radius 2 is 1.86 bits per heavy atom. The first-order chi connectivity index (χ1) is 10.2. The van der Waals surface area contributed by atoms with E-state index in [-0.39, 0.29) is 6.04 Å². The van der Waals surface area contributed by atoms with Gasteiger partial charge in [-0.1, -0.05) is 53.2 Å².